The van der Waals surface area contributed by atoms with Crippen molar-refractivity contribution in [1.29, 1.82) is 0 Å². The minimum absolute atomic E-state index is 0.124. The number of carbonyl (C=O) groups excluding carboxylic acids is 2. The third-order valence-electron chi connectivity index (χ3n) is 4.10. The number of rotatable bonds is 5. The maximum Gasteiger partial charge on any atom is 0.250 e. The Morgan fingerprint density at radius 2 is 2.13 bits per heavy atom. The van der Waals surface area contributed by atoms with Crippen LogP contribution in [-0.2, 0) is 4.79 Å². The second kappa shape index (κ2) is 6.93. The molecule has 0 bridgehead atoms. The largest absolute Gasteiger partial charge is 0.366 e. The van der Waals surface area contributed by atoms with Gasteiger partial charge in [-0.05, 0) is 53.9 Å². The molecule has 1 aromatic heterocycles. The van der Waals surface area contributed by atoms with Gasteiger partial charge in [0.25, 0.3) is 5.91 Å². The van der Waals surface area contributed by atoms with Crippen molar-refractivity contribution in [3.63, 3.8) is 0 Å². The van der Waals surface area contributed by atoms with Gasteiger partial charge in [-0.15, -0.1) is 0 Å². The van der Waals surface area contributed by atoms with Crippen LogP contribution in [-0.4, -0.2) is 29.8 Å². The molecule has 23 heavy (non-hydrogen) atoms. The molecule has 120 valence electrons. The zero-order chi connectivity index (χ0) is 16.2. The van der Waals surface area contributed by atoms with E-state index in [1.807, 2.05) is 0 Å². The molecule has 0 unspecified atom stereocenters. The second-order valence-electron chi connectivity index (χ2n) is 5.64. The summed E-state index contributed by atoms with van der Waals surface area (Å²) in [5, 5.41) is 7.01. The summed E-state index contributed by atoms with van der Waals surface area (Å²) in [7, 11) is 0. The van der Waals surface area contributed by atoms with E-state index in [-0.39, 0.29) is 5.91 Å². The van der Waals surface area contributed by atoms with Crippen molar-refractivity contribution in [3.05, 3.63) is 52.2 Å². The lowest BCUT2D eigenvalue weighted by atomic mass is 10.1. The zero-order valence-corrected chi connectivity index (χ0v) is 13.5. The summed E-state index contributed by atoms with van der Waals surface area (Å²) in [6, 6.07) is 9.22. The standard InChI is InChI=1S/C17H19N3O2S/c18-17(22)13-4-1-2-5-14(13)19-16(21)10-20-8-3-6-15(20)12-7-9-23-11-12/h1-2,4-5,7,9,11,15H,3,6,8,10H2,(H2,18,22)(H,19,21)/t15-/m1/s1. The highest BCUT2D eigenvalue weighted by molar-refractivity contribution is 7.07. The molecule has 3 rings (SSSR count). The van der Waals surface area contributed by atoms with Crippen LogP contribution in [0.4, 0.5) is 5.69 Å². The Kier molecular flexibility index (Phi) is 4.73. The summed E-state index contributed by atoms with van der Waals surface area (Å²) in [6.45, 7) is 1.22. The Morgan fingerprint density at radius 1 is 1.30 bits per heavy atom. The number of carbonyl (C=O) groups is 2. The van der Waals surface area contributed by atoms with Crippen molar-refractivity contribution in [3.8, 4) is 0 Å². The molecule has 1 aliphatic rings. The molecule has 1 aromatic carbocycles. The van der Waals surface area contributed by atoms with Crippen molar-refractivity contribution < 1.29 is 9.59 Å². The minimum Gasteiger partial charge on any atom is -0.366 e. The Labute approximate surface area is 139 Å². The molecular formula is C17H19N3O2S. The quantitative estimate of drug-likeness (QED) is 0.885. The molecule has 2 heterocycles. The van der Waals surface area contributed by atoms with Gasteiger partial charge in [0, 0.05) is 6.04 Å². The summed E-state index contributed by atoms with van der Waals surface area (Å²) in [5.74, 6) is -0.668. The Hall–Kier alpha value is -2.18. The predicted molar refractivity (Wildman–Crippen MR) is 91.5 cm³/mol. The number of benzene rings is 1. The third-order valence-corrected chi connectivity index (χ3v) is 4.81. The van der Waals surface area contributed by atoms with Gasteiger partial charge in [-0.25, -0.2) is 0 Å². The fraction of sp³-hybridized carbons (Fsp3) is 0.294. The van der Waals surface area contributed by atoms with Gasteiger partial charge in [-0.3, -0.25) is 14.5 Å². The van der Waals surface area contributed by atoms with Crippen LogP contribution in [0.2, 0.25) is 0 Å². The van der Waals surface area contributed by atoms with Crippen molar-refractivity contribution in [1.82, 2.24) is 4.90 Å². The maximum atomic E-state index is 12.4. The van der Waals surface area contributed by atoms with Crippen LogP contribution in [0.3, 0.4) is 0 Å². The van der Waals surface area contributed by atoms with Gasteiger partial charge in [0.1, 0.15) is 0 Å². The lowest BCUT2D eigenvalue weighted by Gasteiger charge is -2.23. The van der Waals surface area contributed by atoms with Gasteiger partial charge >= 0.3 is 0 Å². The summed E-state index contributed by atoms with van der Waals surface area (Å²) in [6.07, 6.45) is 2.16. The molecule has 3 N–H and O–H groups in total. The second-order valence-corrected chi connectivity index (χ2v) is 6.42. The van der Waals surface area contributed by atoms with Gasteiger partial charge in [-0.1, -0.05) is 12.1 Å². The first-order chi connectivity index (χ1) is 11.1. The first-order valence-corrected chi connectivity index (χ1v) is 8.54. The number of para-hydroxylation sites is 1. The highest BCUT2D eigenvalue weighted by Crippen LogP contribution is 2.32. The molecule has 1 atom stereocenters. The molecule has 1 fully saturated rings. The van der Waals surface area contributed by atoms with E-state index in [2.05, 4.69) is 27.0 Å². The number of primary amides is 1. The van der Waals surface area contributed by atoms with Crippen molar-refractivity contribution >= 4 is 28.8 Å². The van der Waals surface area contributed by atoms with E-state index in [0.717, 1.165) is 19.4 Å². The average Bonchev–Trinajstić information content (AvgIpc) is 3.18. The number of nitrogens with one attached hydrogen (secondary N) is 1. The predicted octanol–water partition coefficient (Wildman–Crippen LogP) is 2.62. The fourth-order valence-corrected chi connectivity index (χ4v) is 3.75. The number of thiophene rings is 1. The van der Waals surface area contributed by atoms with Gasteiger partial charge in [0.15, 0.2) is 0 Å². The van der Waals surface area contributed by atoms with E-state index < -0.39 is 5.91 Å². The van der Waals surface area contributed by atoms with E-state index in [1.54, 1.807) is 35.6 Å². The molecule has 2 amide bonds. The SMILES string of the molecule is NC(=O)c1ccccc1NC(=O)CN1CCC[C@@H]1c1ccsc1. The van der Waals surface area contributed by atoms with Crippen LogP contribution < -0.4 is 11.1 Å². The van der Waals surface area contributed by atoms with Crippen LogP contribution >= 0.6 is 11.3 Å². The zero-order valence-electron chi connectivity index (χ0n) is 12.7. The molecule has 5 nitrogen and oxygen atoms in total. The van der Waals surface area contributed by atoms with Gasteiger partial charge in [0.2, 0.25) is 5.91 Å². The normalized spacial score (nSPS) is 18.0. The third kappa shape index (κ3) is 3.60. The van der Waals surface area contributed by atoms with E-state index in [0.29, 0.717) is 23.8 Å². The topological polar surface area (TPSA) is 75.4 Å². The Balaban J connectivity index is 1.67. The van der Waals surface area contributed by atoms with E-state index >= 15 is 0 Å². The highest BCUT2D eigenvalue weighted by atomic mass is 32.1. The Morgan fingerprint density at radius 3 is 2.87 bits per heavy atom. The average molecular weight is 329 g/mol. The van der Waals surface area contributed by atoms with Gasteiger partial charge in [-0.2, -0.15) is 11.3 Å². The van der Waals surface area contributed by atoms with Gasteiger partial charge < -0.3 is 11.1 Å². The molecule has 2 aromatic rings. The molecule has 6 heteroatoms. The minimum atomic E-state index is -0.543. The number of nitrogens with zero attached hydrogens (tertiary/aromatic N) is 1. The maximum absolute atomic E-state index is 12.4. The summed E-state index contributed by atoms with van der Waals surface area (Å²) in [5.41, 5.74) is 7.42. The van der Waals surface area contributed by atoms with E-state index in [4.69, 9.17) is 5.73 Å². The number of anilines is 1. The van der Waals surface area contributed by atoms with Crippen LogP contribution in [0.5, 0.6) is 0 Å². The van der Waals surface area contributed by atoms with Crippen LogP contribution in [0.1, 0.15) is 34.8 Å². The highest BCUT2D eigenvalue weighted by Gasteiger charge is 2.27. The smallest absolute Gasteiger partial charge is 0.250 e. The Bertz CT molecular complexity index is 700. The molecule has 0 radical (unpaired) electrons. The van der Waals surface area contributed by atoms with Gasteiger partial charge in [0.05, 0.1) is 17.8 Å². The van der Waals surface area contributed by atoms with E-state index in [1.165, 1.54) is 5.56 Å². The van der Waals surface area contributed by atoms with Crippen LogP contribution in [0.25, 0.3) is 0 Å². The first-order valence-electron chi connectivity index (χ1n) is 7.60. The molecule has 1 aliphatic heterocycles. The van der Waals surface area contributed by atoms with Crippen molar-refractivity contribution in [2.75, 3.05) is 18.4 Å². The fourth-order valence-electron chi connectivity index (χ4n) is 3.04. The lowest BCUT2D eigenvalue weighted by molar-refractivity contribution is -0.117. The first kappa shape index (κ1) is 15.7. The summed E-state index contributed by atoms with van der Waals surface area (Å²) < 4.78 is 0. The van der Waals surface area contributed by atoms with Crippen LogP contribution in [0, 0.1) is 0 Å². The lowest BCUT2D eigenvalue weighted by Crippen LogP contribution is -2.33. The summed E-state index contributed by atoms with van der Waals surface area (Å²) >= 11 is 1.68. The number of likely N-dealkylation sites (tertiary alicyclic amines) is 1. The van der Waals surface area contributed by atoms with Crippen LogP contribution in [0.15, 0.2) is 41.1 Å². The summed E-state index contributed by atoms with van der Waals surface area (Å²) in [4.78, 5) is 26.0. The number of amides is 2. The molecule has 0 spiro atoms. The molecule has 1 saturated heterocycles. The number of nitrogens with two attached hydrogens (primary N) is 1. The van der Waals surface area contributed by atoms with Crippen molar-refractivity contribution in [2.24, 2.45) is 5.73 Å². The molecular weight excluding hydrogens is 310 g/mol. The molecule has 0 aliphatic carbocycles. The number of hydrogen-bond acceptors (Lipinski definition) is 4. The van der Waals surface area contributed by atoms with E-state index in [9.17, 15) is 9.59 Å². The number of hydrogen-bond donors (Lipinski definition) is 2. The molecule has 0 saturated carbocycles. The monoisotopic (exact) mass is 329 g/mol. The van der Waals surface area contributed by atoms with Crippen molar-refractivity contribution in [2.45, 2.75) is 18.9 Å².